The summed E-state index contributed by atoms with van der Waals surface area (Å²) in [7, 11) is 1.69. The zero-order chi connectivity index (χ0) is 21.3. The van der Waals surface area contributed by atoms with E-state index in [-0.39, 0.29) is 30.4 Å². The van der Waals surface area contributed by atoms with Crippen LogP contribution in [0.15, 0.2) is 18.2 Å². The minimum absolute atomic E-state index is 0. The molecule has 2 aliphatic rings. The molecule has 176 valence electrons. The molecule has 1 aromatic rings. The van der Waals surface area contributed by atoms with E-state index in [4.69, 9.17) is 14.2 Å². The number of piperidine rings is 1. The third-order valence-electron chi connectivity index (χ3n) is 5.76. The van der Waals surface area contributed by atoms with Crippen molar-refractivity contribution < 1.29 is 19.0 Å². The summed E-state index contributed by atoms with van der Waals surface area (Å²) in [6.45, 7) is 10.4. The third kappa shape index (κ3) is 6.97. The van der Waals surface area contributed by atoms with Gasteiger partial charge in [-0.1, -0.05) is 0 Å². The van der Waals surface area contributed by atoms with Crippen molar-refractivity contribution in [2.24, 2.45) is 0 Å². The van der Waals surface area contributed by atoms with Crippen LogP contribution in [0.25, 0.3) is 0 Å². The molecule has 2 fully saturated rings. The van der Waals surface area contributed by atoms with Crippen molar-refractivity contribution in [1.82, 2.24) is 10.2 Å². The topological polar surface area (TPSA) is 63.3 Å². The Balaban J connectivity index is 0.00000341. The van der Waals surface area contributed by atoms with E-state index in [1.165, 1.54) is 0 Å². The number of ether oxygens (including phenoxy) is 3. The number of methoxy groups -OCH3 is 1. The highest BCUT2D eigenvalue weighted by Gasteiger charge is 2.29. The number of amides is 1. The minimum atomic E-state index is 0. The lowest BCUT2D eigenvalue weighted by molar-refractivity contribution is 0.0573. The predicted octanol–water partition coefficient (Wildman–Crippen LogP) is 2.96. The van der Waals surface area contributed by atoms with E-state index in [0.29, 0.717) is 32.0 Å². The number of morpholine rings is 1. The van der Waals surface area contributed by atoms with E-state index in [2.05, 4.69) is 24.1 Å². The van der Waals surface area contributed by atoms with Gasteiger partial charge in [0.15, 0.2) is 0 Å². The zero-order valence-electron chi connectivity index (χ0n) is 19.1. The van der Waals surface area contributed by atoms with Crippen molar-refractivity contribution in [3.63, 3.8) is 0 Å². The number of benzene rings is 1. The Hall–Kier alpha value is -1.54. The fourth-order valence-electron chi connectivity index (χ4n) is 4.26. The van der Waals surface area contributed by atoms with Gasteiger partial charge in [-0.25, -0.2) is 0 Å². The second-order valence-electron chi connectivity index (χ2n) is 8.28. The Morgan fingerprint density at radius 2 is 2.06 bits per heavy atom. The summed E-state index contributed by atoms with van der Waals surface area (Å²) >= 11 is 0. The molecule has 0 unspecified atom stereocenters. The molecule has 0 saturated carbocycles. The summed E-state index contributed by atoms with van der Waals surface area (Å²) in [6.07, 6.45) is 2.96. The van der Waals surface area contributed by atoms with Crippen LogP contribution in [-0.4, -0.2) is 82.6 Å². The molecule has 1 N–H and O–H groups in total. The highest BCUT2D eigenvalue weighted by molar-refractivity contribution is 5.95. The summed E-state index contributed by atoms with van der Waals surface area (Å²) in [6, 6.07) is 6.28. The van der Waals surface area contributed by atoms with Gasteiger partial charge in [0, 0.05) is 57.4 Å². The van der Waals surface area contributed by atoms with Crippen LogP contribution in [0.1, 0.15) is 43.5 Å². The number of halogens is 1. The van der Waals surface area contributed by atoms with Crippen molar-refractivity contribution >= 4 is 24.0 Å². The number of hydrogen-bond donors (Lipinski definition) is 1. The average molecular weight is 456 g/mol. The summed E-state index contributed by atoms with van der Waals surface area (Å²) in [5, 5.41) is 3.43. The van der Waals surface area contributed by atoms with Crippen LogP contribution in [0.2, 0.25) is 0 Å². The van der Waals surface area contributed by atoms with Gasteiger partial charge in [0.25, 0.3) is 5.91 Å². The summed E-state index contributed by atoms with van der Waals surface area (Å²) < 4.78 is 16.8. The molecule has 1 aromatic carbocycles. The SMILES string of the molecule is COCCCOc1cc(C(=O)N(C(C)C)[C@@H]2CCCNC2)ccc1N1CCOCC1.Cl. The molecule has 0 aromatic heterocycles. The molecule has 1 atom stereocenters. The Morgan fingerprint density at radius 1 is 1.29 bits per heavy atom. The normalized spacial score (nSPS) is 19.1. The van der Waals surface area contributed by atoms with Crippen molar-refractivity contribution in [1.29, 1.82) is 0 Å². The molecule has 0 bridgehead atoms. The molecule has 31 heavy (non-hydrogen) atoms. The maximum atomic E-state index is 13.5. The quantitative estimate of drug-likeness (QED) is 0.577. The fraction of sp³-hybridized carbons (Fsp3) is 0.696. The van der Waals surface area contributed by atoms with E-state index in [1.807, 2.05) is 23.1 Å². The van der Waals surface area contributed by atoms with Gasteiger partial charge in [0.1, 0.15) is 5.75 Å². The first-order chi connectivity index (χ1) is 14.6. The van der Waals surface area contributed by atoms with Gasteiger partial charge in [0.05, 0.1) is 25.5 Å². The van der Waals surface area contributed by atoms with E-state index in [9.17, 15) is 4.79 Å². The van der Waals surface area contributed by atoms with Crippen molar-refractivity contribution in [2.75, 3.05) is 64.6 Å². The minimum Gasteiger partial charge on any atom is -0.491 e. The second kappa shape index (κ2) is 13.1. The van der Waals surface area contributed by atoms with Crippen LogP contribution in [0.3, 0.4) is 0 Å². The lowest BCUT2D eigenvalue weighted by Crippen LogP contribution is -2.51. The van der Waals surface area contributed by atoms with E-state index in [0.717, 1.165) is 56.9 Å². The Bertz CT molecular complexity index is 677. The monoisotopic (exact) mass is 455 g/mol. The molecule has 0 radical (unpaired) electrons. The molecule has 2 heterocycles. The van der Waals surface area contributed by atoms with Crippen LogP contribution in [0, 0.1) is 0 Å². The van der Waals surface area contributed by atoms with Crippen molar-refractivity contribution in [3.8, 4) is 5.75 Å². The summed E-state index contributed by atoms with van der Waals surface area (Å²) in [4.78, 5) is 17.8. The molecule has 8 heteroatoms. The molecule has 2 saturated heterocycles. The van der Waals surface area contributed by atoms with Crippen molar-refractivity contribution in [3.05, 3.63) is 23.8 Å². The molecule has 7 nitrogen and oxygen atoms in total. The zero-order valence-corrected chi connectivity index (χ0v) is 19.9. The lowest BCUT2D eigenvalue weighted by Gasteiger charge is -2.38. The average Bonchev–Trinajstić information content (AvgIpc) is 2.78. The standard InChI is InChI=1S/C23H37N3O4.ClH/c1-18(2)26(20-6-4-9-24-17-20)23(27)19-7-8-21(25-10-14-29-15-11-25)22(16-19)30-13-5-12-28-3;/h7-8,16,18,20,24H,4-6,9-15,17H2,1-3H3;1H/t20-;/m1./s1. The van der Waals surface area contributed by atoms with Gasteiger partial charge >= 0.3 is 0 Å². The van der Waals surface area contributed by atoms with Gasteiger partial charge < -0.3 is 29.3 Å². The predicted molar refractivity (Wildman–Crippen MR) is 126 cm³/mol. The van der Waals surface area contributed by atoms with Crippen LogP contribution in [-0.2, 0) is 9.47 Å². The van der Waals surface area contributed by atoms with Gasteiger partial charge in [-0.15, -0.1) is 12.4 Å². The van der Waals surface area contributed by atoms with Crippen LogP contribution in [0.4, 0.5) is 5.69 Å². The number of rotatable bonds is 9. The number of anilines is 1. The van der Waals surface area contributed by atoms with E-state index >= 15 is 0 Å². The lowest BCUT2D eigenvalue weighted by atomic mass is 10.0. The second-order valence-corrected chi connectivity index (χ2v) is 8.28. The number of hydrogen-bond acceptors (Lipinski definition) is 6. The fourth-order valence-corrected chi connectivity index (χ4v) is 4.26. The summed E-state index contributed by atoms with van der Waals surface area (Å²) in [5.74, 6) is 0.846. The van der Waals surface area contributed by atoms with Gasteiger partial charge in [-0.05, 0) is 51.4 Å². The van der Waals surface area contributed by atoms with Gasteiger partial charge in [-0.2, -0.15) is 0 Å². The van der Waals surface area contributed by atoms with Crippen LogP contribution in [0.5, 0.6) is 5.75 Å². The maximum absolute atomic E-state index is 13.5. The molecule has 2 aliphatic heterocycles. The maximum Gasteiger partial charge on any atom is 0.254 e. The van der Waals surface area contributed by atoms with E-state index in [1.54, 1.807) is 7.11 Å². The van der Waals surface area contributed by atoms with Crippen LogP contribution >= 0.6 is 12.4 Å². The largest absolute Gasteiger partial charge is 0.491 e. The molecule has 0 spiro atoms. The number of nitrogens with zero attached hydrogens (tertiary/aromatic N) is 2. The molecule has 0 aliphatic carbocycles. The molecular formula is C23H38ClN3O4. The Morgan fingerprint density at radius 3 is 2.71 bits per heavy atom. The highest BCUT2D eigenvalue weighted by Crippen LogP contribution is 2.31. The van der Waals surface area contributed by atoms with Crippen molar-refractivity contribution in [2.45, 2.75) is 45.2 Å². The first-order valence-electron chi connectivity index (χ1n) is 11.2. The first kappa shape index (κ1) is 25.7. The first-order valence-corrected chi connectivity index (χ1v) is 11.2. The van der Waals surface area contributed by atoms with Gasteiger partial charge in [0.2, 0.25) is 0 Å². The van der Waals surface area contributed by atoms with E-state index < -0.39 is 0 Å². The smallest absolute Gasteiger partial charge is 0.254 e. The molecular weight excluding hydrogens is 418 g/mol. The number of carbonyl (C=O) groups is 1. The molecule has 3 rings (SSSR count). The third-order valence-corrected chi connectivity index (χ3v) is 5.76. The van der Waals surface area contributed by atoms with Gasteiger partial charge in [-0.3, -0.25) is 4.79 Å². The Kier molecular flexibility index (Phi) is 10.9. The Labute approximate surface area is 192 Å². The molecule has 1 amide bonds. The number of nitrogens with one attached hydrogen (secondary N) is 1. The van der Waals surface area contributed by atoms with Crippen LogP contribution < -0.4 is 15.0 Å². The summed E-state index contributed by atoms with van der Waals surface area (Å²) in [5.41, 5.74) is 1.72. The number of carbonyl (C=O) groups excluding carboxylic acids is 1. The highest BCUT2D eigenvalue weighted by atomic mass is 35.5.